The number of rotatable bonds is 6. The van der Waals surface area contributed by atoms with E-state index in [0.29, 0.717) is 16.9 Å². The Hall–Kier alpha value is -1.97. The van der Waals surface area contributed by atoms with Gasteiger partial charge in [0.25, 0.3) is 5.91 Å². The molecule has 0 unspecified atom stereocenters. The lowest BCUT2D eigenvalue weighted by Crippen LogP contribution is -2.37. The van der Waals surface area contributed by atoms with E-state index in [2.05, 4.69) is 23.8 Å². The quantitative estimate of drug-likeness (QED) is 0.333. The van der Waals surface area contributed by atoms with Crippen molar-refractivity contribution in [2.45, 2.75) is 52.5 Å². The maximum atomic E-state index is 12.3. The lowest BCUT2D eigenvalue weighted by molar-refractivity contribution is -0.118. The van der Waals surface area contributed by atoms with Crippen molar-refractivity contribution in [3.05, 3.63) is 36.0 Å². The molecule has 0 aromatic heterocycles. The molecule has 0 bridgehead atoms. The van der Waals surface area contributed by atoms with Crippen molar-refractivity contribution in [1.29, 1.82) is 5.41 Å². The minimum atomic E-state index is -0.0345. The van der Waals surface area contributed by atoms with Crippen molar-refractivity contribution in [2.75, 3.05) is 0 Å². The van der Waals surface area contributed by atoms with Crippen LogP contribution in [-0.4, -0.2) is 24.0 Å². The number of aliphatic imine (C=N–C) groups is 1. The molecule has 120 valence electrons. The fourth-order valence-electron chi connectivity index (χ4n) is 2.47. The van der Waals surface area contributed by atoms with Gasteiger partial charge in [0, 0.05) is 17.3 Å². The summed E-state index contributed by atoms with van der Waals surface area (Å²) in [5.41, 5.74) is 1.99. The van der Waals surface area contributed by atoms with E-state index in [-0.39, 0.29) is 11.9 Å². The van der Waals surface area contributed by atoms with E-state index in [9.17, 15) is 4.79 Å². The summed E-state index contributed by atoms with van der Waals surface area (Å²) in [6, 6.07) is 0.288. The number of nitrogens with one attached hydrogen (secondary N) is 2. The van der Waals surface area contributed by atoms with Gasteiger partial charge in [-0.1, -0.05) is 25.7 Å². The Labute approximate surface area is 133 Å². The van der Waals surface area contributed by atoms with E-state index < -0.39 is 0 Å². The average Bonchev–Trinajstić information content (AvgIpc) is 2.50. The number of amides is 1. The molecule has 0 aromatic rings. The summed E-state index contributed by atoms with van der Waals surface area (Å²) >= 11 is 0. The summed E-state index contributed by atoms with van der Waals surface area (Å²) < 4.78 is 0. The Bertz CT molecular complexity index is 506. The van der Waals surface area contributed by atoms with Crippen LogP contribution < -0.4 is 5.32 Å². The molecule has 0 atom stereocenters. The van der Waals surface area contributed by atoms with Crippen molar-refractivity contribution in [3.8, 4) is 0 Å². The number of hydrogen-bond acceptors (Lipinski definition) is 2. The Kier molecular flexibility index (Phi) is 7.50. The van der Waals surface area contributed by atoms with Crippen LogP contribution in [0, 0.1) is 11.3 Å². The molecule has 1 amide bonds. The zero-order chi connectivity index (χ0) is 16.5. The molecule has 0 aliphatic heterocycles. The topological polar surface area (TPSA) is 65.3 Å². The second kappa shape index (κ2) is 9.13. The molecule has 22 heavy (non-hydrogen) atoms. The van der Waals surface area contributed by atoms with Crippen molar-refractivity contribution < 1.29 is 4.79 Å². The predicted molar refractivity (Wildman–Crippen MR) is 93.5 cm³/mol. The van der Waals surface area contributed by atoms with Crippen LogP contribution in [0.15, 0.2) is 40.9 Å². The number of hydrogen-bond donors (Lipinski definition) is 2. The van der Waals surface area contributed by atoms with Crippen LogP contribution >= 0.6 is 0 Å². The lowest BCUT2D eigenvalue weighted by Gasteiger charge is -2.27. The maximum Gasteiger partial charge on any atom is 0.251 e. The van der Waals surface area contributed by atoms with Gasteiger partial charge >= 0.3 is 0 Å². The van der Waals surface area contributed by atoms with Crippen molar-refractivity contribution >= 4 is 18.0 Å². The summed E-state index contributed by atoms with van der Waals surface area (Å²) in [4.78, 5) is 16.2. The van der Waals surface area contributed by atoms with E-state index in [1.807, 2.05) is 6.92 Å². The number of nitrogens with zero attached hydrogens (tertiary/aromatic N) is 1. The third-order valence-electron chi connectivity index (χ3n) is 4.11. The van der Waals surface area contributed by atoms with Gasteiger partial charge in [0.15, 0.2) is 0 Å². The standard InChI is InChI=1S/C18H27N3O/c1-5-16(9-8-14(3)15(4)20-12-19)18(22)21-17-10-6-13(2)7-11-17/h5,8-9,12-13,17,19H,3,6-7,10-11H2,1-2,4H3,(H,21,22)/b9-8-,16-5+,19-12?,20-15+/t13-,17-. The minimum Gasteiger partial charge on any atom is -0.349 e. The first kappa shape index (κ1) is 18.1. The third kappa shape index (κ3) is 5.80. The van der Waals surface area contributed by atoms with Gasteiger partial charge in [0.05, 0.1) is 0 Å². The number of carbonyl (C=O) groups is 1. The van der Waals surface area contributed by atoms with E-state index in [0.717, 1.165) is 25.1 Å². The van der Waals surface area contributed by atoms with Crippen LogP contribution in [0.25, 0.3) is 0 Å². The zero-order valence-corrected chi connectivity index (χ0v) is 13.9. The molecular formula is C18H27N3O. The highest BCUT2D eigenvalue weighted by Gasteiger charge is 2.20. The monoisotopic (exact) mass is 301 g/mol. The first-order chi connectivity index (χ1) is 10.5. The van der Waals surface area contributed by atoms with Crippen LogP contribution in [0.3, 0.4) is 0 Å². The van der Waals surface area contributed by atoms with Gasteiger partial charge in [-0.3, -0.25) is 10.2 Å². The highest BCUT2D eigenvalue weighted by Crippen LogP contribution is 2.23. The van der Waals surface area contributed by atoms with E-state index >= 15 is 0 Å². The molecule has 0 heterocycles. The SMILES string of the molecule is C=C(/C=C\C(=C/C)C(=O)N[C@H]1CC[C@H](C)CC1)/C(C)=N/C=N. The molecule has 4 nitrogen and oxygen atoms in total. The van der Waals surface area contributed by atoms with Gasteiger partial charge in [-0.05, 0) is 57.1 Å². The molecule has 2 N–H and O–H groups in total. The average molecular weight is 301 g/mol. The summed E-state index contributed by atoms with van der Waals surface area (Å²) in [5.74, 6) is 0.737. The molecule has 0 aromatic carbocycles. The summed E-state index contributed by atoms with van der Waals surface area (Å²) in [7, 11) is 0. The summed E-state index contributed by atoms with van der Waals surface area (Å²) in [6.07, 6.45) is 10.8. The van der Waals surface area contributed by atoms with E-state index in [1.54, 1.807) is 25.2 Å². The van der Waals surface area contributed by atoms with Gasteiger partial charge in [-0.2, -0.15) is 0 Å². The molecule has 0 saturated heterocycles. The minimum absolute atomic E-state index is 0.0345. The Morgan fingerprint density at radius 3 is 2.45 bits per heavy atom. The molecule has 4 heteroatoms. The fourth-order valence-corrected chi connectivity index (χ4v) is 2.47. The zero-order valence-electron chi connectivity index (χ0n) is 13.9. The van der Waals surface area contributed by atoms with Crippen LogP contribution in [0.1, 0.15) is 46.5 Å². The Morgan fingerprint density at radius 2 is 1.91 bits per heavy atom. The second-order valence-electron chi connectivity index (χ2n) is 5.88. The molecule has 1 rings (SSSR count). The largest absolute Gasteiger partial charge is 0.349 e. The Balaban J connectivity index is 2.60. The normalized spacial score (nSPS) is 23.4. The summed E-state index contributed by atoms with van der Waals surface area (Å²) in [5, 5.41) is 10.1. The van der Waals surface area contributed by atoms with Crippen LogP contribution in [0.4, 0.5) is 0 Å². The molecular weight excluding hydrogens is 274 g/mol. The molecule has 1 aliphatic rings. The van der Waals surface area contributed by atoms with Gasteiger partial charge < -0.3 is 5.32 Å². The van der Waals surface area contributed by atoms with Crippen molar-refractivity contribution in [3.63, 3.8) is 0 Å². The highest BCUT2D eigenvalue weighted by atomic mass is 16.1. The number of carbonyl (C=O) groups excluding carboxylic acids is 1. The fraction of sp³-hybridized carbons (Fsp3) is 0.500. The first-order valence-electron chi connectivity index (χ1n) is 7.85. The van der Waals surface area contributed by atoms with Crippen molar-refractivity contribution in [2.24, 2.45) is 10.9 Å². The predicted octanol–water partition coefficient (Wildman–Crippen LogP) is 3.81. The molecule has 0 radical (unpaired) electrons. The van der Waals surface area contributed by atoms with Crippen LogP contribution in [0.5, 0.6) is 0 Å². The number of allylic oxidation sites excluding steroid dienone is 3. The molecule has 1 fully saturated rings. The van der Waals surface area contributed by atoms with Gasteiger partial charge in [0.1, 0.15) is 6.34 Å². The van der Waals surface area contributed by atoms with Gasteiger partial charge in [-0.15, -0.1) is 0 Å². The van der Waals surface area contributed by atoms with E-state index in [1.165, 1.54) is 12.8 Å². The molecule has 0 spiro atoms. The lowest BCUT2D eigenvalue weighted by atomic mass is 9.87. The van der Waals surface area contributed by atoms with E-state index in [4.69, 9.17) is 5.41 Å². The molecule has 1 aliphatic carbocycles. The smallest absolute Gasteiger partial charge is 0.251 e. The van der Waals surface area contributed by atoms with Gasteiger partial charge in [0.2, 0.25) is 0 Å². The van der Waals surface area contributed by atoms with Crippen LogP contribution in [0.2, 0.25) is 0 Å². The Morgan fingerprint density at radius 1 is 1.27 bits per heavy atom. The van der Waals surface area contributed by atoms with Crippen LogP contribution in [-0.2, 0) is 4.79 Å². The second-order valence-corrected chi connectivity index (χ2v) is 5.88. The van der Waals surface area contributed by atoms with Gasteiger partial charge in [-0.25, -0.2) is 4.99 Å². The van der Waals surface area contributed by atoms with Crippen molar-refractivity contribution in [1.82, 2.24) is 5.32 Å². The highest BCUT2D eigenvalue weighted by molar-refractivity contribution is 6.04. The first-order valence-corrected chi connectivity index (χ1v) is 7.85. The molecule has 1 saturated carbocycles. The maximum absolute atomic E-state index is 12.3. The third-order valence-corrected chi connectivity index (χ3v) is 4.11. The summed E-state index contributed by atoms with van der Waals surface area (Å²) in [6.45, 7) is 9.79.